The highest BCUT2D eigenvalue weighted by Crippen LogP contribution is 2.27. The monoisotopic (exact) mass is 601 g/mol. The number of nitrogens with zero attached hydrogens (tertiary/aromatic N) is 2. The Morgan fingerprint density at radius 3 is 1.93 bits per heavy atom. The van der Waals surface area contributed by atoms with Crippen molar-refractivity contribution in [3.8, 4) is 0 Å². The largest absolute Gasteiger partial charge is 0.357 e. The molecule has 42 heavy (non-hydrogen) atoms. The Bertz CT molecular complexity index is 1580. The summed E-state index contributed by atoms with van der Waals surface area (Å²) in [5.41, 5.74) is 3.03. The number of likely N-dealkylation sites (N-methyl/N-ethyl adjacent to an activating group) is 1. The first kappa shape index (κ1) is 30.9. The van der Waals surface area contributed by atoms with Crippen LogP contribution in [0, 0.1) is 6.92 Å². The predicted octanol–water partition coefficient (Wildman–Crippen LogP) is 5.30. The minimum absolute atomic E-state index is 0.0791. The number of carbonyl (C=O) groups excluding carboxylic acids is 2. The van der Waals surface area contributed by atoms with Gasteiger partial charge in [0.15, 0.2) is 0 Å². The highest BCUT2D eigenvalue weighted by Gasteiger charge is 2.34. The molecule has 0 saturated carbocycles. The Morgan fingerprint density at radius 2 is 1.38 bits per heavy atom. The maximum absolute atomic E-state index is 14.3. The standard InChI is InChI=1S/C33H35N3O4S2/c1-25-14-16-28(17-15-25)36(42(39,40)30-20-18-29(41-3)19-21-30)24-32(37)35(23-27-12-8-5-9-13-27)31(33(38)34-2)22-26-10-6-4-7-11-26/h4-21,31H,22-24H2,1-3H3,(H,34,38)/t31-/m0/s1. The van der Waals surface area contributed by atoms with E-state index in [0.29, 0.717) is 5.69 Å². The number of carbonyl (C=O) groups is 2. The van der Waals surface area contributed by atoms with Crippen LogP contribution in [0.2, 0.25) is 0 Å². The fraction of sp³-hybridized carbons (Fsp3) is 0.212. The number of hydrogen-bond donors (Lipinski definition) is 1. The first-order valence-corrected chi connectivity index (χ1v) is 16.2. The van der Waals surface area contributed by atoms with E-state index >= 15 is 0 Å². The van der Waals surface area contributed by atoms with Crippen LogP contribution in [-0.2, 0) is 32.6 Å². The number of hydrogen-bond acceptors (Lipinski definition) is 5. The topological polar surface area (TPSA) is 86.8 Å². The Balaban J connectivity index is 1.76. The van der Waals surface area contributed by atoms with Gasteiger partial charge in [0.25, 0.3) is 10.0 Å². The molecule has 7 nitrogen and oxygen atoms in total. The van der Waals surface area contributed by atoms with Crippen LogP contribution in [0.4, 0.5) is 5.69 Å². The van der Waals surface area contributed by atoms with Crippen LogP contribution in [0.3, 0.4) is 0 Å². The smallest absolute Gasteiger partial charge is 0.264 e. The number of anilines is 1. The van der Waals surface area contributed by atoms with E-state index in [-0.39, 0.29) is 23.8 Å². The number of aryl methyl sites for hydroxylation is 1. The van der Waals surface area contributed by atoms with E-state index in [4.69, 9.17) is 0 Å². The Hall–Kier alpha value is -4.08. The van der Waals surface area contributed by atoms with Crippen molar-refractivity contribution in [3.63, 3.8) is 0 Å². The number of amides is 2. The molecule has 4 aromatic rings. The van der Waals surface area contributed by atoms with Gasteiger partial charge in [-0.3, -0.25) is 13.9 Å². The molecule has 1 atom stereocenters. The molecule has 0 radical (unpaired) electrons. The van der Waals surface area contributed by atoms with E-state index in [0.717, 1.165) is 25.9 Å². The normalized spacial score (nSPS) is 11.9. The lowest BCUT2D eigenvalue weighted by Gasteiger charge is -2.33. The van der Waals surface area contributed by atoms with Crippen LogP contribution in [0.1, 0.15) is 16.7 Å². The quantitative estimate of drug-likeness (QED) is 0.223. The molecular formula is C33H35N3O4S2. The minimum Gasteiger partial charge on any atom is -0.357 e. The van der Waals surface area contributed by atoms with E-state index in [1.54, 1.807) is 36.4 Å². The van der Waals surface area contributed by atoms with Gasteiger partial charge in [0.2, 0.25) is 11.8 Å². The molecule has 9 heteroatoms. The zero-order valence-corrected chi connectivity index (χ0v) is 25.6. The number of benzene rings is 4. The van der Waals surface area contributed by atoms with Crippen LogP contribution in [-0.4, -0.2) is 51.0 Å². The van der Waals surface area contributed by atoms with Crippen LogP contribution in [0.25, 0.3) is 0 Å². The molecule has 4 rings (SSSR count). The highest BCUT2D eigenvalue weighted by molar-refractivity contribution is 7.98. The molecule has 0 spiro atoms. The summed E-state index contributed by atoms with van der Waals surface area (Å²) < 4.78 is 29.2. The minimum atomic E-state index is -4.13. The van der Waals surface area contributed by atoms with Crippen molar-refractivity contribution in [3.05, 3.63) is 126 Å². The summed E-state index contributed by atoms with van der Waals surface area (Å²) >= 11 is 1.51. The second-order valence-electron chi connectivity index (χ2n) is 9.85. The molecule has 0 saturated heterocycles. The van der Waals surface area contributed by atoms with E-state index in [9.17, 15) is 18.0 Å². The third-order valence-corrected chi connectivity index (χ3v) is 9.49. The molecule has 0 aliphatic heterocycles. The van der Waals surface area contributed by atoms with Crippen LogP contribution in [0.5, 0.6) is 0 Å². The molecular weight excluding hydrogens is 567 g/mol. The maximum Gasteiger partial charge on any atom is 0.264 e. The summed E-state index contributed by atoms with van der Waals surface area (Å²) in [6.45, 7) is 1.56. The van der Waals surface area contributed by atoms with Crippen molar-refractivity contribution in [1.82, 2.24) is 10.2 Å². The highest BCUT2D eigenvalue weighted by atomic mass is 32.2. The molecule has 0 heterocycles. The van der Waals surface area contributed by atoms with E-state index < -0.39 is 28.5 Å². The summed E-state index contributed by atoms with van der Waals surface area (Å²) in [6, 6.07) is 31.6. The third-order valence-electron chi connectivity index (χ3n) is 6.96. The number of thioether (sulfide) groups is 1. The van der Waals surface area contributed by atoms with E-state index in [2.05, 4.69) is 5.32 Å². The van der Waals surface area contributed by atoms with Gasteiger partial charge >= 0.3 is 0 Å². The van der Waals surface area contributed by atoms with Crippen LogP contribution in [0.15, 0.2) is 119 Å². The zero-order valence-electron chi connectivity index (χ0n) is 23.9. The molecule has 1 N–H and O–H groups in total. The summed E-state index contributed by atoms with van der Waals surface area (Å²) in [6.07, 6.45) is 2.19. The SMILES string of the molecule is CNC(=O)[C@H](Cc1ccccc1)N(Cc1ccccc1)C(=O)CN(c1ccc(C)cc1)S(=O)(=O)c1ccc(SC)cc1. The number of rotatable bonds is 12. The summed E-state index contributed by atoms with van der Waals surface area (Å²) in [5.74, 6) is -0.825. The fourth-order valence-electron chi connectivity index (χ4n) is 4.62. The van der Waals surface area contributed by atoms with E-state index in [1.807, 2.05) is 86.0 Å². The maximum atomic E-state index is 14.3. The first-order valence-electron chi connectivity index (χ1n) is 13.6. The van der Waals surface area contributed by atoms with Crippen molar-refractivity contribution in [1.29, 1.82) is 0 Å². The Labute approximate surface area is 252 Å². The van der Waals surface area contributed by atoms with Gasteiger partial charge in [-0.2, -0.15) is 0 Å². The van der Waals surface area contributed by atoms with Gasteiger partial charge in [-0.1, -0.05) is 78.4 Å². The van der Waals surface area contributed by atoms with Gasteiger partial charge < -0.3 is 10.2 Å². The lowest BCUT2D eigenvalue weighted by atomic mass is 10.0. The third kappa shape index (κ3) is 7.60. The van der Waals surface area contributed by atoms with Gasteiger partial charge in [0.1, 0.15) is 12.6 Å². The van der Waals surface area contributed by atoms with Crippen molar-refractivity contribution in [2.24, 2.45) is 0 Å². The molecule has 0 aromatic heterocycles. The molecule has 0 bridgehead atoms. The molecule has 218 valence electrons. The van der Waals surface area contributed by atoms with E-state index in [1.165, 1.54) is 23.7 Å². The van der Waals surface area contributed by atoms with Crippen molar-refractivity contribution >= 4 is 39.3 Å². The Morgan fingerprint density at radius 1 is 0.810 bits per heavy atom. The van der Waals surface area contributed by atoms with Gasteiger partial charge in [-0.15, -0.1) is 11.8 Å². The zero-order chi connectivity index (χ0) is 30.1. The number of sulfonamides is 1. The fourth-order valence-corrected chi connectivity index (χ4v) is 6.44. The average Bonchev–Trinajstić information content (AvgIpc) is 3.02. The predicted molar refractivity (Wildman–Crippen MR) is 169 cm³/mol. The molecule has 0 aliphatic rings. The second-order valence-corrected chi connectivity index (χ2v) is 12.6. The van der Waals surface area contributed by atoms with Crippen molar-refractivity contribution in [2.45, 2.75) is 35.7 Å². The van der Waals surface area contributed by atoms with Crippen LogP contribution < -0.4 is 9.62 Å². The van der Waals surface area contributed by atoms with Crippen molar-refractivity contribution < 1.29 is 18.0 Å². The van der Waals surface area contributed by atoms with Gasteiger partial charge in [0.05, 0.1) is 10.6 Å². The lowest BCUT2D eigenvalue weighted by molar-refractivity contribution is -0.139. The van der Waals surface area contributed by atoms with Crippen LogP contribution >= 0.6 is 11.8 Å². The van der Waals surface area contributed by atoms with Crippen molar-refractivity contribution in [2.75, 3.05) is 24.2 Å². The average molecular weight is 602 g/mol. The summed E-state index contributed by atoms with van der Waals surface area (Å²) in [4.78, 5) is 30.0. The molecule has 0 fully saturated rings. The van der Waals surface area contributed by atoms with Gasteiger partial charge in [-0.05, 0) is 60.7 Å². The van der Waals surface area contributed by atoms with Gasteiger partial charge in [0, 0.05) is 24.9 Å². The molecule has 4 aromatic carbocycles. The summed E-state index contributed by atoms with van der Waals surface area (Å²) in [7, 11) is -2.59. The number of nitrogens with one attached hydrogen (secondary N) is 1. The lowest BCUT2D eigenvalue weighted by Crippen LogP contribution is -2.53. The summed E-state index contributed by atoms with van der Waals surface area (Å²) in [5, 5.41) is 2.70. The first-order chi connectivity index (χ1) is 20.2. The van der Waals surface area contributed by atoms with Gasteiger partial charge in [-0.25, -0.2) is 8.42 Å². The Kier molecular flexibility index (Phi) is 10.4. The molecule has 0 unspecified atom stereocenters. The second kappa shape index (κ2) is 14.2. The molecule has 0 aliphatic carbocycles. The molecule has 2 amide bonds.